The first-order valence-electron chi connectivity index (χ1n) is 16.7. The number of anilines is 1. The molecule has 1 aliphatic heterocycles. The Kier molecular flexibility index (Phi) is 10.1. The van der Waals surface area contributed by atoms with Crippen molar-refractivity contribution in [2.45, 2.75) is 33.2 Å². The summed E-state index contributed by atoms with van der Waals surface area (Å²) in [4.78, 5) is 18.4. The average Bonchev–Trinajstić information content (AvgIpc) is 3.33. The summed E-state index contributed by atoms with van der Waals surface area (Å²) >= 11 is 0. The van der Waals surface area contributed by atoms with Gasteiger partial charge < -0.3 is 29.2 Å². The highest BCUT2D eigenvalue weighted by atomic mass is 19.1. The van der Waals surface area contributed by atoms with Crippen molar-refractivity contribution in [3.63, 3.8) is 0 Å². The summed E-state index contributed by atoms with van der Waals surface area (Å²) in [6, 6.07) is 24.2. The van der Waals surface area contributed by atoms with E-state index in [1.807, 2.05) is 18.2 Å². The van der Waals surface area contributed by atoms with Crippen molar-refractivity contribution >= 4 is 22.5 Å². The van der Waals surface area contributed by atoms with E-state index in [0.29, 0.717) is 28.3 Å². The molecule has 5 aromatic rings. The fraction of sp³-hybridized carbons (Fsp3) is 0.325. The molecule has 1 aliphatic rings. The highest BCUT2D eigenvalue weighted by Crippen LogP contribution is 2.41. The van der Waals surface area contributed by atoms with Gasteiger partial charge >= 0.3 is 0 Å². The Bertz CT molecular complexity index is 1880. The first-order chi connectivity index (χ1) is 23.2. The van der Waals surface area contributed by atoms with Crippen LogP contribution >= 0.6 is 0 Å². The predicted octanol–water partition coefficient (Wildman–Crippen LogP) is 7.56. The monoisotopic (exact) mass is 648 g/mol. The number of halogens is 1. The number of ether oxygens (including phenoxy) is 2. The number of carbonyl (C=O) groups excluding carboxylic acids is 1. The number of rotatable bonds is 11. The number of carbonyl (C=O) groups is 1. The van der Waals surface area contributed by atoms with Gasteiger partial charge in [0, 0.05) is 72.7 Å². The number of methoxy groups -OCH3 is 2. The molecular formula is C40H45FN4O3. The Labute approximate surface area is 282 Å². The highest BCUT2D eigenvalue weighted by molar-refractivity contribution is 6.05. The molecule has 0 unspecified atom stereocenters. The van der Waals surface area contributed by atoms with Crippen LogP contribution in [0.1, 0.15) is 39.2 Å². The van der Waals surface area contributed by atoms with Crippen molar-refractivity contribution in [2.75, 3.05) is 59.3 Å². The average molecular weight is 649 g/mol. The second kappa shape index (κ2) is 14.6. The van der Waals surface area contributed by atoms with Crippen LogP contribution in [0, 0.1) is 19.7 Å². The van der Waals surface area contributed by atoms with Crippen LogP contribution in [-0.4, -0.2) is 74.3 Å². The summed E-state index contributed by atoms with van der Waals surface area (Å²) in [6.45, 7) is 11.2. The molecule has 48 heavy (non-hydrogen) atoms. The van der Waals surface area contributed by atoms with Gasteiger partial charge in [0.15, 0.2) is 0 Å². The number of nitrogens with one attached hydrogen (secondary N) is 1. The van der Waals surface area contributed by atoms with Gasteiger partial charge in [-0.3, -0.25) is 4.79 Å². The van der Waals surface area contributed by atoms with Gasteiger partial charge in [0.2, 0.25) is 0 Å². The Morgan fingerprint density at radius 2 is 1.52 bits per heavy atom. The van der Waals surface area contributed by atoms with Crippen LogP contribution in [0.5, 0.6) is 11.5 Å². The molecule has 0 saturated carbocycles. The van der Waals surface area contributed by atoms with E-state index in [4.69, 9.17) is 9.47 Å². The molecule has 0 radical (unpaired) electrons. The minimum atomic E-state index is -0.324. The van der Waals surface area contributed by atoms with E-state index in [2.05, 4.69) is 64.8 Å². The normalized spacial score (nSPS) is 14.0. The van der Waals surface area contributed by atoms with Crippen LogP contribution < -0.4 is 14.8 Å². The molecule has 2 heterocycles. The summed E-state index contributed by atoms with van der Waals surface area (Å²) < 4.78 is 27.3. The molecule has 1 amide bonds. The lowest BCUT2D eigenvalue weighted by atomic mass is 10.0. The third-order valence-electron chi connectivity index (χ3n) is 9.65. The van der Waals surface area contributed by atoms with Gasteiger partial charge in [-0.25, -0.2) is 4.39 Å². The zero-order chi connectivity index (χ0) is 33.8. The third-order valence-corrected chi connectivity index (χ3v) is 9.65. The maximum Gasteiger partial charge on any atom is 0.255 e. The van der Waals surface area contributed by atoms with Crippen molar-refractivity contribution in [1.29, 1.82) is 0 Å². The summed E-state index contributed by atoms with van der Waals surface area (Å²) in [7, 11) is 5.32. The van der Waals surface area contributed by atoms with Gasteiger partial charge in [-0.05, 0) is 98.9 Å². The molecule has 1 N–H and O–H groups in total. The molecule has 0 aliphatic carbocycles. The zero-order valence-corrected chi connectivity index (χ0v) is 28.6. The van der Waals surface area contributed by atoms with E-state index in [1.54, 1.807) is 38.5 Å². The number of hydrogen-bond acceptors (Lipinski definition) is 5. The Hall–Kier alpha value is -4.66. The number of piperazine rings is 1. The first kappa shape index (κ1) is 33.2. The van der Waals surface area contributed by atoms with E-state index >= 15 is 0 Å². The number of amides is 1. The minimum Gasteiger partial charge on any atom is -0.496 e. The molecule has 8 heteroatoms. The van der Waals surface area contributed by atoms with Gasteiger partial charge in [0.1, 0.15) is 17.3 Å². The second-order valence-corrected chi connectivity index (χ2v) is 12.8. The number of aryl methyl sites for hydroxylation is 2. The molecule has 0 bridgehead atoms. The highest BCUT2D eigenvalue weighted by Gasteiger charge is 2.18. The Morgan fingerprint density at radius 3 is 2.21 bits per heavy atom. The molecule has 250 valence electrons. The van der Waals surface area contributed by atoms with Crippen LogP contribution in [-0.2, 0) is 13.0 Å². The predicted molar refractivity (Wildman–Crippen MR) is 192 cm³/mol. The number of likely N-dealkylation sites (N-methyl/N-ethyl adjacent to an activating group) is 1. The van der Waals surface area contributed by atoms with E-state index in [1.165, 1.54) is 39.9 Å². The van der Waals surface area contributed by atoms with E-state index in [0.717, 1.165) is 63.2 Å². The van der Waals surface area contributed by atoms with Crippen molar-refractivity contribution in [2.24, 2.45) is 0 Å². The lowest BCUT2D eigenvalue weighted by molar-refractivity contribution is 0.102. The third kappa shape index (κ3) is 7.25. The van der Waals surface area contributed by atoms with E-state index < -0.39 is 0 Å². The SMILES string of the molecule is COc1cc(NC(=O)c2cccc(Cc3ccc4c(c3)c(C)c(C)n4CCCN3CCN(C)CC3)c2)cc(OC)c1-c1ccc(F)cc1. The van der Waals surface area contributed by atoms with Gasteiger partial charge in [0.05, 0.1) is 19.8 Å². The van der Waals surface area contributed by atoms with Crippen LogP contribution in [0.2, 0.25) is 0 Å². The maximum atomic E-state index is 13.6. The smallest absolute Gasteiger partial charge is 0.255 e. The number of benzene rings is 4. The minimum absolute atomic E-state index is 0.231. The summed E-state index contributed by atoms with van der Waals surface area (Å²) in [5.74, 6) is 0.464. The molecule has 4 aromatic carbocycles. The molecular weight excluding hydrogens is 603 g/mol. The topological polar surface area (TPSA) is 59.0 Å². The number of aromatic nitrogens is 1. The van der Waals surface area contributed by atoms with Gasteiger partial charge in [0.25, 0.3) is 5.91 Å². The molecule has 1 fully saturated rings. The number of hydrogen-bond donors (Lipinski definition) is 1. The van der Waals surface area contributed by atoms with Crippen LogP contribution in [0.25, 0.3) is 22.0 Å². The van der Waals surface area contributed by atoms with Crippen molar-refractivity contribution in [1.82, 2.24) is 14.4 Å². The second-order valence-electron chi connectivity index (χ2n) is 12.8. The molecule has 7 nitrogen and oxygen atoms in total. The van der Waals surface area contributed by atoms with Gasteiger partial charge in [-0.15, -0.1) is 0 Å². The van der Waals surface area contributed by atoms with E-state index in [9.17, 15) is 9.18 Å². The van der Waals surface area contributed by atoms with Gasteiger partial charge in [-0.1, -0.05) is 30.3 Å². The van der Waals surface area contributed by atoms with Crippen LogP contribution in [0.15, 0.2) is 78.9 Å². The lowest BCUT2D eigenvalue weighted by Crippen LogP contribution is -2.44. The fourth-order valence-corrected chi connectivity index (χ4v) is 6.77. The Morgan fingerprint density at radius 1 is 0.833 bits per heavy atom. The van der Waals surface area contributed by atoms with Crippen molar-refractivity contribution in [3.05, 3.63) is 113 Å². The van der Waals surface area contributed by atoms with Crippen molar-refractivity contribution in [3.8, 4) is 22.6 Å². The fourth-order valence-electron chi connectivity index (χ4n) is 6.77. The largest absolute Gasteiger partial charge is 0.496 e. The number of nitrogens with zero attached hydrogens (tertiary/aromatic N) is 3. The summed E-state index contributed by atoms with van der Waals surface area (Å²) in [5.41, 5.74) is 8.75. The summed E-state index contributed by atoms with van der Waals surface area (Å²) in [5, 5.41) is 4.30. The Balaban J connectivity index is 1.15. The molecule has 6 rings (SSSR count). The molecule has 0 atom stereocenters. The zero-order valence-electron chi connectivity index (χ0n) is 28.6. The first-order valence-corrected chi connectivity index (χ1v) is 16.7. The molecule has 0 spiro atoms. The van der Waals surface area contributed by atoms with Gasteiger partial charge in [-0.2, -0.15) is 0 Å². The maximum absolute atomic E-state index is 13.6. The quantitative estimate of drug-likeness (QED) is 0.160. The van der Waals surface area contributed by atoms with Crippen LogP contribution in [0.3, 0.4) is 0 Å². The van der Waals surface area contributed by atoms with Crippen LogP contribution in [0.4, 0.5) is 10.1 Å². The molecule has 1 saturated heterocycles. The van der Waals surface area contributed by atoms with Crippen molar-refractivity contribution < 1.29 is 18.7 Å². The standard InChI is InChI=1S/C40H45FN4O3/c1-27-28(2)45(17-7-16-44-20-18-43(3)19-21-44)36-15-10-30(24-35(27)36)22-29-8-6-9-32(23-29)40(46)42-34-25-37(47-4)39(38(26-34)48-5)31-11-13-33(41)14-12-31/h6,8-15,23-26H,7,16-22H2,1-5H3,(H,42,46). The number of fused-ring (bicyclic) bond motifs is 1. The van der Waals surface area contributed by atoms with E-state index in [-0.39, 0.29) is 11.7 Å². The summed E-state index contributed by atoms with van der Waals surface area (Å²) in [6.07, 6.45) is 1.86. The molecule has 1 aromatic heterocycles. The lowest BCUT2D eigenvalue weighted by Gasteiger charge is -2.32.